The van der Waals surface area contributed by atoms with Crippen molar-refractivity contribution in [2.24, 2.45) is 0 Å². The predicted octanol–water partition coefficient (Wildman–Crippen LogP) is 3.19. The van der Waals surface area contributed by atoms with Gasteiger partial charge in [0, 0.05) is 34.7 Å². The summed E-state index contributed by atoms with van der Waals surface area (Å²) >= 11 is 4.94. The van der Waals surface area contributed by atoms with Crippen molar-refractivity contribution in [3.8, 4) is 0 Å². The fraction of sp³-hybridized carbons (Fsp3) is 0.263. The molecule has 0 radical (unpaired) electrons. The third-order valence-electron chi connectivity index (χ3n) is 4.67. The number of aromatic nitrogens is 4. The van der Waals surface area contributed by atoms with Crippen LogP contribution in [0.5, 0.6) is 0 Å². The number of amides is 1. The van der Waals surface area contributed by atoms with Crippen molar-refractivity contribution in [3.63, 3.8) is 0 Å². The van der Waals surface area contributed by atoms with Crippen molar-refractivity contribution in [2.45, 2.75) is 33.4 Å². The summed E-state index contributed by atoms with van der Waals surface area (Å²) < 4.78 is 4.36. The number of halogens is 1. The highest BCUT2D eigenvalue weighted by atomic mass is 79.9. The molecule has 0 aliphatic carbocycles. The Bertz CT molecular complexity index is 1260. The molecule has 0 saturated heterocycles. The summed E-state index contributed by atoms with van der Waals surface area (Å²) in [5.74, 6) is -0.136. The average molecular weight is 460 g/mol. The normalized spacial score (nSPS) is 11.4. The van der Waals surface area contributed by atoms with Crippen LogP contribution in [-0.4, -0.2) is 24.8 Å². The van der Waals surface area contributed by atoms with E-state index >= 15 is 0 Å². The SMILES string of the molecule is Cc1sc2ncn(CCC(=O)NCc3cn4cc(Br)ccc4n3)c(=O)c2c1C. The molecule has 0 aliphatic rings. The zero-order valence-electron chi connectivity index (χ0n) is 15.4. The molecule has 4 aromatic rings. The first-order valence-corrected chi connectivity index (χ1v) is 10.4. The minimum Gasteiger partial charge on any atom is -0.350 e. The van der Waals surface area contributed by atoms with Crippen molar-refractivity contribution in [3.05, 3.63) is 61.8 Å². The number of nitrogens with zero attached hydrogens (tertiary/aromatic N) is 4. The van der Waals surface area contributed by atoms with Gasteiger partial charge in [-0.15, -0.1) is 11.3 Å². The van der Waals surface area contributed by atoms with Gasteiger partial charge in [-0.2, -0.15) is 0 Å². The summed E-state index contributed by atoms with van der Waals surface area (Å²) in [5, 5.41) is 3.51. The molecule has 0 unspecified atom stereocenters. The van der Waals surface area contributed by atoms with E-state index in [2.05, 4.69) is 31.2 Å². The second-order valence-electron chi connectivity index (χ2n) is 6.58. The minimum atomic E-state index is -0.136. The van der Waals surface area contributed by atoms with Crippen LogP contribution in [0.25, 0.3) is 15.9 Å². The van der Waals surface area contributed by atoms with E-state index in [4.69, 9.17) is 0 Å². The fourth-order valence-corrected chi connectivity index (χ4v) is 4.37. The van der Waals surface area contributed by atoms with Crippen molar-refractivity contribution in [2.75, 3.05) is 0 Å². The maximum absolute atomic E-state index is 12.7. The molecule has 7 nitrogen and oxygen atoms in total. The monoisotopic (exact) mass is 459 g/mol. The maximum Gasteiger partial charge on any atom is 0.262 e. The number of rotatable bonds is 5. The quantitative estimate of drug-likeness (QED) is 0.496. The van der Waals surface area contributed by atoms with Crippen LogP contribution in [0.2, 0.25) is 0 Å². The van der Waals surface area contributed by atoms with E-state index in [9.17, 15) is 9.59 Å². The van der Waals surface area contributed by atoms with Crippen LogP contribution in [0.3, 0.4) is 0 Å². The molecule has 4 rings (SSSR count). The predicted molar refractivity (Wildman–Crippen MR) is 113 cm³/mol. The molecule has 0 saturated carbocycles. The topological polar surface area (TPSA) is 81.3 Å². The van der Waals surface area contributed by atoms with Gasteiger partial charge in [0.2, 0.25) is 5.91 Å². The van der Waals surface area contributed by atoms with Crippen molar-refractivity contribution in [1.29, 1.82) is 0 Å². The highest BCUT2D eigenvalue weighted by Gasteiger charge is 2.13. The zero-order chi connectivity index (χ0) is 19.8. The molecule has 0 aliphatic heterocycles. The highest BCUT2D eigenvalue weighted by molar-refractivity contribution is 9.10. The smallest absolute Gasteiger partial charge is 0.262 e. The number of hydrogen-bond donors (Lipinski definition) is 1. The van der Waals surface area contributed by atoms with Gasteiger partial charge in [-0.25, -0.2) is 9.97 Å². The number of carbonyl (C=O) groups excluding carboxylic acids is 1. The van der Waals surface area contributed by atoms with Gasteiger partial charge in [0.1, 0.15) is 10.5 Å². The van der Waals surface area contributed by atoms with E-state index in [-0.39, 0.29) is 17.9 Å². The molecule has 1 amide bonds. The lowest BCUT2D eigenvalue weighted by molar-refractivity contribution is -0.121. The van der Waals surface area contributed by atoms with Crippen LogP contribution in [-0.2, 0) is 17.9 Å². The first-order chi connectivity index (χ1) is 13.4. The van der Waals surface area contributed by atoms with Crippen LogP contribution < -0.4 is 10.9 Å². The Kier molecular flexibility index (Phi) is 5.03. The van der Waals surface area contributed by atoms with Gasteiger partial charge in [0.05, 0.1) is 24.0 Å². The molecule has 4 aromatic heterocycles. The number of carbonyl (C=O) groups is 1. The van der Waals surface area contributed by atoms with Gasteiger partial charge in [0.15, 0.2) is 0 Å². The molecule has 0 bridgehead atoms. The maximum atomic E-state index is 12.7. The van der Waals surface area contributed by atoms with E-state index in [1.54, 1.807) is 0 Å². The number of aryl methyl sites for hydroxylation is 3. The third kappa shape index (κ3) is 3.59. The zero-order valence-corrected chi connectivity index (χ0v) is 17.8. The van der Waals surface area contributed by atoms with Crippen LogP contribution in [0.4, 0.5) is 0 Å². The highest BCUT2D eigenvalue weighted by Crippen LogP contribution is 2.25. The van der Waals surface area contributed by atoms with E-state index in [0.717, 1.165) is 31.1 Å². The molecular weight excluding hydrogens is 442 g/mol. The summed E-state index contributed by atoms with van der Waals surface area (Å²) in [6.45, 7) is 4.55. The van der Waals surface area contributed by atoms with E-state index in [1.807, 2.05) is 42.8 Å². The first-order valence-electron chi connectivity index (χ1n) is 8.77. The van der Waals surface area contributed by atoms with Gasteiger partial charge in [-0.1, -0.05) is 0 Å². The largest absolute Gasteiger partial charge is 0.350 e. The van der Waals surface area contributed by atoms with Crippen molar-refractivity contribution < 1.29 is 4.79 Å². The molecule has 4 heterocycles. The van der Waals surface area contributed by atoms with E-state index < -0.39 is 0 Å². The number of nitrogens with one attached hydrogen (secondary N) is 1. The Balaban J connectivity index is 1.40. The van der Waals surface area contributed by atoms with Crippen LogP contribution in [0.1, 0.15) is 22.6 Å². The average Bonchev–Trinajstić information content (AvgIpc) is 3.20. The number of imidazole rings is 1. The van der Waals surface area contributed by atoms with Crippen LogP contribution >= 0.6 is 27.3 Å². The molecule has 0 spiro atoms. The molecule has 9 heteroatoms. The lowest BCUT2D eigenvalue weighted by atomic mass is 10.2. The number of hydrogen-bond acceptors (Lipinski definition) is 5. The Hall–Kier alpha value is -2.52. The van der Waals surface area contributed by atoms with Gasteiger partial charge < -0.3 is 9.72 Å². The molecule has 0 atom stereocenters. The van der Waals surface area contributed by atoms with E-state index in [0.29, 0.717) is 18.5 Å². The van der Waals surface area contributed by atoms with Gasteiger partial charge in [0.25, 0.3) is 5.56 Å². The Morgan fingerprint density at radius 3 is 2.93 bits per heavy atom. The second-order valence-corrected chi connectivity index (χ2v) is 8.70. The molecule has 28 heavy (non-hydrogen) atoms. The lowest BCUT2D eigenvalue weighted by Gasteiger charge is -2.06. The molecule has 1 N–H and O–H groups in total. The van der Waals surface area contributed by atoms with Crippen molar-refractivity contribution >= 4 is 49.0 Å². The lowest BCUT2D eigenvalue weighted by Crippen LogP contribution is -2.27. The van der Waals surface area contributed by atoms with Crippen LogP contribution in [0.15, 0.2) is 40.1 Å². The Morgan fingerprint density at radius 2 is 2.11 bits per heavy atom. The molecule has 0 fully saturated rings. The van der Waals surface area contributed by atoms with Crippen molar-refractivity contribution in [1.82, 2.24) is 24.3 Å². The first kappa shape index (κ1) is 18.8. The molecular formula is C19H18BrN5O2S. The Labute approximate surface area is 173 Å². The summed E-state index contributed by atoms with van der Waals surface area (Å²) in [7, 11) is 0. The second kappa shape index (κ2) is 7.48. The third-order valence-corrected chi connectivity index (χ3v) is 6.25. The van der Waals surface area contributed by atoms with E-state index in [1.165, 1.54) is 22.2 Å². The Morgan fingerprint density at radius 1 is 1.29 bits per heavy atom. The van der Waals surface area contributed by atoms with Crippen LogP contribution in [0, 0.1) is 13.8 Å². The summed E-state index contributed by atoms with van der Waals surface area (Å²) in [6, 6.07) is 3.82. The number of thiophene rings is 1. The van der Waals surface area contributed by atoms with Gasteiger partial charge in [-0.3, -0.25) is 14.2 Å². The minimum absolute atomic E-state index is 0.0921. The summed E-state index contributed by atoms with van der Waals surface area (Å²) in [6.07, 6.45) is 5.52. The number of pyridine rings is 1. The molecule has 144 valence electrons. The fourth-order valence-electron chi connectivity index (χ4n) is 3.03. The standard InChI is InChI=1S/C19H18BrN5O2S/c1-11-12(2)28-18-17(11)19(27)24(10-22-18)6-5-16(26)21-7-14-9-25-8-13(20)3-4-15(25)23-14/h3-4,8-10H,5-7H2,1-2H3,(H,21,26). The van der Waals surface area contributed by atoms with Gasteiger partial charge >= 0.3 is 0 Å². The summed E-state index contributed by atoms with van der Waals surface area (Å²) in [5.41, 5.74) is 2.47. The summed E-state index contributed by atoms with van der Waals surface area (Å²) in [4.78, 5) is 35.5. The van der Waals surface area contributed by atoms with Gasteiger partial charge in [-0.05, 0) is 47.5 Å². The number of fused-ring (bicyclic) bond motifs is 2. The molecule has 0 aromatic carbocycles.